The van der Waals surface area contributed by atoms with Crippen LogP contribution in [0.1, 0.15) is 70.8 Å². The molecule has 1 aliphatic carbocycles. The third kappa shape index (κ3) is 3.72. The smallest absolute Gasteiger partial charge is 0.218 e. The SMILES string of the molecule is CCCC1=C2CCCCC2(C(Br)CCC)OC1=Nc1ccc(C)cc1. The first kappa shape index (κ1) is 18.7. The van der Waals surface area contributed by atoms with Gasteiger partial charge in [0, 0.05) is 5.57 Å². The third-order valence-corrected chi connectivity index (χ3v) is 6.65. The second-order valence-corrected chi connectivity index (χ2v) is 8.52. The average Bonchev–Trinajstić information content (AvgIpc) is 2.92. The van der Waals surface area contributed by atoms with Crippen molar-refractivity contribution in [2.75, 3.05) is 0 Å². The number of alkyl halides is 1. The molecule has 0 aromatic heterocycles. The van der Waals surface area contributed by atoms with Crippen LogP contribution < -0.4 is 0 Å². The zero-order chi connectivity index (χ0) is 17.9. The van der Waals surface area contributed by atoms with Crippen LogP contribution in [0.25, 0.3) is 0 Å². The van der Waals surface area contributed by atoms with Crippen molar-refractivity contribution in [3.63, 3.8) is 0 Å². The summed E-state index contributed by atoms with van der Waals surface area (Å²) in [5.41, 5.74) is 5.00. The van der Waals surface area contributed by atoms with E-state index < -0.39 is 0 Å². The van der Waals surface area contributed by atoms with Gasteiger partial charge < -0.3 is 4.74 Å². The Morgan fingerprint density at radius 1 is 1.16 bits per heavy atom. The van der Waals surface area contributed by atoms with Gasteiger partial charge in [-0.15, -0.1) is 0 Å². The summed E-state index contributed by atoms with van der Waals surface area (Å²) in [6, 6.07) is 8.42. The lowest BCUT2D eigenvalue weighted by molar-refractivity contribution is 0.0767. The molecule has 0 amide bonds. The molecule has 2 nitrogen and oxygen atoms in total. The van der Waals surface area contributed by atoms with E-state index in [4.69, 9.17) is 9.73 Å². The fraction of sp³-hybridized carbons (Fsp3) is 0.591. The van der Waals surface area contributed by atoms with Gasteiger partial charge in [-0.1, -0.05) is 60.3 Å². The number of fused-ring (bicyclic) bond motifs is 1. The standard InChI is InChI=1S/C22H30BrNO/c1-4-8-18-19-10-6-7-15-22(19,20(23)9-5-2)25-21(18)24-17-13-11-16(3)12-14-17/h11-14,20H,4-10,15H2,1-3H3. The number of rotatable bonds is 6. The molecule has 25 heavy (non-hydrogen) atoms. The predicted octanol–water partition coefficient (Wildman–Crippen LogP) is 7.03. The van der Waals surface area contributed by atoms with Crippen molar-refractivity contribution in [3.8, 4) is 0 Å². The summed E-state index contributed by atoms with van der Waals surface area (Å²) < 4.78 is 6.70. The molecule has 1 saturated carbocycles. The molecule has 1 heterocycles. The van der Waals surface area contributed by atoms with Crippen LogP contribution in [-0.2, 0) is 4.74 Å². The van der Waals surface area contributed by atoms with Gasteiger partial charge in [-0.2, -0.15) is 0 Å². The molecule has 1 aliphatic heterocycles. The third-order valence-electron chi connectivity index (χ3n) is 5.45. The molecule has 2 aliphatic rings. The van der Waals surface area contributed by atoms with Crippen LogP contribution in [0.2, 0.25) is 0 Å². The largest absolute Gasteiger partial charge is 0.465 e. The summed E-state index contributed by atoms with van der Waals surface area (Å²) in [6.07, 6.45) is 9.29. The Bertz CT molecular complexity index is 661. The molecule has 0 N–H and O–H groups in total. The monoisotopic (exact) mass is 403 g/mol. The highest BCUT2D eigenvalue weighted by atomic mass is 79.9. The van der Waals surface area contributed by atoms with Gasteiger partial charge in [0.25, 0.3) is 0 Å². The number of hydrogen-bond acceptors (Lipinski definition) is 2. The first-order chi connectivity index (χ1) is 12.1. The van der Waals surface area contributed by atoms with Crippen molar-refractivity contribution >= 4 is 27.5 Å². The second kappa shape index (κ2) is 8.07. The van der Waals surface area contributed by atoms with E-state index in [9.17, 15) is 0 Å². The fourth-order valence-corrected chi connectivity index (χ4v) is 5.22. The minimum atomic E-state index is -0.164. The number of halogens is 1. The summed E-state index contributed by atoms with van der Waals surface area (Å²) in [5.74, 6) is 0.878. The molecule has 0 bridgehead atoms. The Morgan fingerprint density at radius 2 is 1.92 bits per heavy atom. The predicted molar refractivity (Wildman–Crippen MR) is 110 cm³/mol. The van der Waals surface area contributed by atoms with Crippen molar-refractivity contribution in [3.05, 3.63) is 41.0 Å². The molecule has 0 saturated heterocycles. The van der Waals surface area contributed by atoms with Gasteiger partial charge in [0.2, 0.25) is 5.90 Å². The molecule has 3 rings (SSSR count). The Hall–Kier alpha value is -1.09. The van der Waals surface area contributed by atoms with Crippen LogP contribution >= 0.6 is 15.9 Å². The van der Waals surface area contributed by atoms with Crippen LogP contribution in [0.4, 0.5) is 5.69 Å². The van der Waals surface area contributed by atoms with E-state index in [1.807, 2.05) is 0 Å². The van der Waals surface area contributed by atoms with Crippen LogP contribution in [0.15, 0.2) is 40.4 Å². The van der Waals surface area contributed by atoms with E-state index >= 15 is 0 Å². The summed E-state index contributed by atoms with van der Waals surface area (Å²) in [4.78, 5) is 5.30. The lowest BCUT2D eigenvalue weighted by Gasteiger charge is -2.39. The van der Waals surface area contributed by atoms with E-state index in [0.29, 0.717) is 4.83 Å². The molecule has 136 valence electrons. The minimum absolute atomic E-state index is 0.164. The van der Waals surface area contributed by atoms with Gasteiger partial charge in [-0.05, 0) is 63.2 Å². The summed E-state index contributed by atoms with van der Waals surface area (Å²) in [7, 11) is 0. The van der Waals surface area contributed by atoms with Crippen LogP contribution in [-0.4, -0.2) is 16.3 Å². The van der Waals surface area contributed by atoms with E-state index in [1.54, 1.807) is 0 Å². The maximum absolute atomic E-state index is 6.70. The lowest BCUT2D eigenvalue weighted by atomic mass is 9.76. The van der Waals surface area contributed by atoms with Gasteiger partial charge in [0.05, 0.1) is 10.5 Å². The van der Waals surface area contributed by atoms with Crippen LogP contribution in [0, 0.1) is 6.92 Å². The first-order valence-corrected chi connectivity index (χ1v) is 10.7. The van der Waals surface area contributed by atoms with Crippen LogP contribution in [0.5, 0.6) is 0 Å². The number of aliphatic imine (C=N–C) groups is 1. The average molecular weight is 404 g/mol. The summed E-state index contributed by atoms with van der Waals surface area (Å²) >= 11 is 3.98. The molecule has 1 aromatic carbocycles. The first-order valence-electron chi connectivity index (χ1n) is 9.82. The second-order valence-electron chi connectivity index (χ2n) is 7.41. The Kier molecular flexibility index (Phi) is 6.04. The summed E-state index contributed by atoms with van der Waals surface area (Å²) in [5, 5.41) is 0. The molecule has 0 radical (unpaired) electrons. The fourth-order valence-electron chi connectivity index (χ4n) is 4.16. The molecular formula is C22H30BrNO. The van der Waals surface area contributed by atoms with Crippen LogP contribution in [0.3, 0.4) is 0 Å². The maximum atomic E-state index is 6.70. The zero-order valence-electron chi connectivity index (χ0n) is 15.8. The van der Waals surface area contributed by atoms with Gasteiger partial charge >= 0.3 is 0 Å². The molecule has 2 atom stereocenters. The van der Waals surface area contributed by atoms with Gasteiger partial charge in [0.1, 0.15) is 5.60 Å². The van der Waals surface area contributed by atoms with Crippen molar-refractivity contribution in [1.82, 2.24) is 0 Å². The molecular weight excluding hydrogens is 374 g/mol. The molecule has 1 fully saturated rings. The normalized spacial score (nSPS) is 25.8. The number of benzene rings is 1. The van der Waals surface area contributed by atoms with Crippen molar-refractivity contribution < 1.29 is 4.74 Å². The van der Waals surface area contributed by atoms with Crippen molar-refractivity contribution in [2.24, 2.45) is 4.99 Å². The highest BCUT2D eigenvalue weighted by molar-refractivity contribution is 9.09. The van der Waals surface area contributed by atoms with E-state index in [2.05, 4.69) is 61.0 Å². The maximum Gasteiger partial charge on any atom is 0.218 e. The Labute approximate surface area is 160 Å². The molecule has 1 aromatic rings. The van der Waals surface area contributed by atoms with Crippen molar-refractivity contribution in [1.29, 1.82) is 0 Å². The van der Waals surface area contributed by atoms with Gasteiger partial charge in [0.15, 0.2) is 0 Å². The topological polar surface area (TPSA) is 21.6 Å². The Morgan fingerprint density at radius 3 is 2.60 bits per heavy atom. The Balaban J connectivity index is 2.02. The van der Waals surface area contributed by atoms with E-state index in [1.165, 1.54) is 36.0 Å². The highest BCUT2D eigenvalue weighted by Crippen LogP contribution is 2.50. The van der Waals surface area contributed by atoms with E-state index in [0.717, 1.165) is 43.7 Å². The highest BCUT2D eigenvalue weighted by Gasteiger charge is 2.51. The molecule has 0 spiro atoms. The molecule has 3 heteroatoms. The van der Waals surface area contributed by atoms with Gasteiger partial charge in [-0.3, -0.25) is 0 Å². The van der Waals surface area contributed by atoms with Gasteiger partial charge in [-0.25, -0.2) is 4.99 Å². The minimum Gasteiger partial charge on any atom is -0.465 e. The number of hydrogen-bond donors (Lipinski definition) is 0. The number of nitrogens with zero attached hydrogens (tertiary/aromatic N) is 1. The summed E-state index contributed by atoms with van der Waals surface area (Å²) in [6.45, 7) is 6.61. The quantitative estimate of drug-likeness (QED) is 0.467. The zero-order valence-corrected chi connectivity index (χ0v) is 17.4. The van der Waals surface area contributed by atoms with E-state index in [-0.39, 0.29) is 5.60 Å². The number of aryl methyl sites for hydroxylation is 1. The van der Waals surface area contributed by atoms with Crippen molar-refractivity contribution in [2.45, 2.75) is 82.6 Å². The number of ether oxygens (including phenoxy) is 1. The molecule has 2 unspecified atom stereocenters. The lowest BCUT2D eigenvalue weighted by Crippen LogP contribution is -2.43.